The molecule has 1 rings (SSSR count). The van der Waals surface area contributed by atoms with Crippen molar-refractivity contribution in [3.8, 4) is 0 Å². The molecule has 100 valence electrons. The predicted molar refractivity (Wildman–Crippen MR) is 68.8 cm³/mol. The summed E-state index contributed by atoms with van der Waals surface area (Å²) in [5.74, 6) is -0.455. The molecule has 0 aliphatic carbocycles. The number of carbonyl (C=O) groups is 1. The first-order valence-corrected chi connectivity index (χ1v) is 6.18. The van der Waals surface area contributed by atoms with E-state index in [1.165, 1.54) is 24.3 Å². The number of hydrogen-bond donors (Lipinski definition) is 2. The number of carbonyl (C=O) groups excluding carboxylic acids is 1. The van der Waals surface area contributed by atoms with Crippen LogP contribution in [0.2, 0.25) is 0 Å². The number of allylic oxidation sites excluding steroid dienone is 1. The summed E-state index contributed by atoms with van der Waals surface area (Å²) >= 11 is 0. The summed E-state index contributed by atoms with van der Waals surface area (Å²) < 4.78 is 5.13. The summed E-state index contributed by atoms with van der Waals surface area (Å²) in [6.07, 6.45) is 9.74. The van der Waals surface area contributed by atoms with Gasteiger partial charge in [-0.15, -0.1) is 0 Å². The van der Waals surface area contributed by atoms with Gasteiger partial charge in [0.1, 0.15) is 0 Å². The fourth-order valence-corrected chi connectivity index (χ4v) is 1.59. The van der Waals surface area contributed by atoms with Crippen molar-refractivity contribution in [1.29, 1.82) is 0 Å². The Morgan fingerprint density at radius 1 is 1.17 bits per heavy atom. The number of rotatable bonds is 0. The van der Waals surface area contributed by atoms with Gasteiger partial charge in [-0.25, -0.2) is 4.79 Å². The monoisotopic (exact) mass is 252 g/mol. The average molecular weight is 252 g/mol. The molecule has 0 amide bonds. The van der Waals surface area contributed by atoms with Crippen LogP contribution >= 0.6 is 0 Å². The average Bonchev–Trinajstić information content (AvgIpc) is 2.32. The van der Waals surface area contributed by atoms with Gasteiger partial charge in [-0.05, 0) is 32.3 Å². The lowest BCUT2D eigenvalue weighted by Crippen LogP contribution is -2.13. The highest BCUT2D eigenvalue weighted by Gasteiger charge is 2.07. The van der Waals surface area contributed by atoms with Crippen LogP contribution in [-0.4, -0.2) is 34.5 Å². The molecule has 0 aromatic rings. The van der Waals surface area contributed by atoms with Crippen LogP contribution in [0.1, 0.15) is 26.2 Å². The zero-order chi connectivity index (χ0) is 13.4. The second-order valence-corrected chi connectivity index (χ2v) is 4.33. The Hall–Kier alpha value is -1.39. The molecule has 0 fully saturated rings. The highest BCUT2D eigenvalue weighted by Crippen LogP contribution is 2.07. The number of hydrogen-bond acceptors (Lipinski definition) is 4. The highest BCUT2D eigenvalue weighted by atomic mass is 16.5. The van der Waals surface area contributed by atoms with Crippen LogP contribution in [0, 0.1) is 0 Å². The molecule has 2 N–H and O–H groups in total. The molecule has 4 heteroatoms. The van der Waals surface area contributed by atoms with E-state index < -0.39 is 18.2 Å². The summed E-state index contributed by atoms with van der Waals surface area (Å²) in [5, 5.41) is 19.0. The zero-order valence-electron chi connectivity index (χ0n) is 10.5. The first-order valence-electron chi connectivity index (χ1n) is 6.18. The summed E-state index contributed by atoms with van der Waals surface area (Å²) in [6, 6.07) is 0. The normalized spacial score (nSPS) is 36.2. The van der Waals surface area contributed by atoms with Crippen LogP contribution in [-0.2, 0) is 9.53 Å². The molecule has 4 nitrogen and oxygen atoms in total. The number of ether oxygens (including phenoxy) is 1. The lowest BCUT2D eigenvalue weighted by atomic mass is 10.1. The van der Waals surface area contributed by atoms with Crippen LogP contribution in [0.5, 0.6) is 0 Å². The van der Waals surface area contributed by atoms with Crippen LogP contribution in [0.25, 0.3) is 0 Å². The Morgan fingerprint density at radius 3 is 2.56 bits per heavy atom. The molecule has 0 unspecified atom stereocenters. The molecular formula is C14H20O4. The van der Waals surface area contributed by atoms with Crippen molar-refractivity contribution in [2.24, 2.45) is 0 Å². The zero-order valence-corrected chi connectivity index (χ0v) is 10.5. The van der Waals surface area contributed by atoms with Crippen LogP contribution < -0.4 is 0 Å². The van der Waals surface area contributed by atoms with Gasteiger partial charge in [0.25, 0.3) is 0 Å². The molecule has 0 radical (unpaired) electrons. The largest absolute Gasteiger partial charge is 0.460 e. The SMILES string of the molecule is C[C@@H]1CCC/C=C\[C@H](O)/C=C\[C@H](O)/C=C\C(=O)O1. The van der Waals surface area contributed by atoms with E-state index in [0.717, 1.165) is 19.3 Å². The topological polar surface area (TPSA) is 66.8 Å². The van der Waals surface area contributed by atoms with E-state index in [1.54, 1.807) is 6.08 Å². The maximum Gasteiger partial charge on any atom is 0.330 e. The van der Waals surface area contributed by atoms with Gasteiger partial charge in [0.2, 0.25) is 0 Å². The van der Waals surface area contributed by atoms with E-state index in [9.17, 15) is 15.0 Å². The van der Waals surface area contributed by atoms with E-state index in [1.807, 2.05) is 13.0 Å². The Bertz CT molecular complexity index is 344. The van der Waals surface area contributed by atoms with E-state index >= 15 is 0 Å². The van der Waals surface area contributed by atoms with Gasteiger partial charge in [0, 0.05) is 6.08 Å². The number of cyclic esters (lactones) is 1. The van der Waals surface area contributed by atoms with Crippen molar-refractivity contribution in [3.05, 3.63) is 36.5 Å². The van der Waals surface area contributed by atoms with Crippen molar-refractivity contribution >= 4 is 5.97 Å². The Morgan fingerprint density at radius 2 is 1.83 bits per heavy atom. The third-order valence-electron chi connectivity index (χ3n) is 2.57. The van der Waals surface area contributed by atoms with Crippen LogP contribution in [0.3, 0.4) is 0 Å². The molecule has 0 aromatic carbocycles. The molecule has 0 saturated carbocycles. The van der Waals surface area contributed by atoms with Gasteiger partial charge < -0.3 is 14.9 Å². The van der Waals surface area contributed by atoms with Gasteiger partial charge in [-0.2, -0.15) is 0 Å². The summed E-state index contributed by atoms with van der Waals surface area (Å²) in [7, 11) is 0. The van der Waals surface area contributed by atoms with Gasteiger partial charge >= 0.3 is 5.97 Å². The molecule has 0 saturated heterocycles. The Kier molecular flexibility index (Phi) is 6.39. The maximum absolute atomic E-state index is 11.4. The minimum Gasteiger partial charge on any atom is -0.460 e. The number of aliphatic hydroxyl groups excluding tert-OH is 2. The third-order valence-corrected chi connectivity index (χ3v) is 2.57. The standard InChI is InChI=1S/C14H20O4/c1-11-5-3-2-4-6-12(15)7-8-13(16)9-10-14(17)18-11/h4,6-13,15-16H,2-3,5H2,1H3/b6-4-,8-7-,10-9-/t11-,12+,13+/m1/s1. The van der Waals surface area contributed by atoms with Crippen molar-refractivity contribution in [1.82, 2.24) is 0 Å². The minimum atomic E-state index is -0.904. The van der Waals surface area contributed by atoms with Gasteiger partial charge in [0.05, 0.1) is 18.3 Å². The smallest absolute Gasteiger partial charge is 0.330 e. The first kappa shape index (κ1) is 14.7. The molecule has 0 bridgehead atoms. The quantitative estimate of drug-likeness (QED) is 0.506. The minimum absolute atomic E-state index is 0.143. The summed E-state index contributed by atoms with van der Waals surface area (Å²) in [4.78, 5) is 11.4. The highest BCUT2D eigenvalue weighted by molar-refractivity contribution is 5.82. The summed E-state index contributed by atoms with van der Waals surface area (Å²) in [6.45, 7) is 1.84. The molecule has 0 aromatic heterocycles. The molecule has 3 atom stereocenters. The number of esters is 1. The Balaban J connectivity index is 2.69. The lowest BCUT2D eigenvalue weighted by molar-refractivity contribution is -0.142. The van der Waals surface area contributed by atoms with Crippen molar-refractivity contribution in [2.75, 3.05) is 0 Å². The van der Waals surface area contributed by atoms with Crippen LogP contribution in [0.4, 0.5) is 0 Å². The molecule has 0 spiro atoms. The number of aliphatic hydroxyl groups is 2. The van der Waals surface area contributed by atoms with Gasteiger partial charge in [-0.3, -0.25) is 0 Å². The first-order chi connectivity index (χ1) is 8.58. The second kappa shape index (κ2) is 7.84. The van der Waals surface area contributed by atoms with Crippen molar-refractivity contribution in [3.63, 3.8) is 0 Å². The molecule has 1 aliphatic rings. The molecule has 18 heavy (non-hydrogen) atoms. The molecule has 1 aliphatic heterocycles. The lowest BCUT2D eigenvalue weighted by Gasteiger charge is -2.11. The fraction of sp³-hybridized carbons (Fsp3) is 0.500. The van der Waals surface area contributed by atoms with Crippen molar-refractivity contribution in [2.45, 2.75) is 44.5 Å². The van der Waals surface area contributed by atoms with Gasteiger partial charge in [-0.1, -0.05) is 24.3 Å². The molecule has 1 heterocycles. The van der Waals surface area contributed by atoms with E-state index in [2.05, 4.69) is 0 Å². The maximum atomic E-state index is 11.4. The van der Waals surface area contributed by atoms with E-state index in [4.69, 9.17) is 4.74 Å². The van der Waals surface area contributed by atoms with Crippen LogP contribution in [0.15, 0.2) is 36.5 Å². The van der Waals surface area contributed by atoms with E-state index in [0.29, 0.717) is 0 Å². The molecular weight excluding hydrogens is 232 g/mol. The van der Waals surface area contributed by atoms with E-state index in [-0.39, 0.29) is 6.10 Å². The summed E-state index contributed by atoms with van der Waals surface area (Å²) in [5.41, 5.74) is 0. The fourth-order valence-electron chi connectivity index (χ4n) is 1.59. The predicted octanol–water partition coefficient (Wildman–Crippen LogP) is 1.49. The van der Waals surface area contributed by atoms with Gasteiger partial charge in [0.15, 0.2) is 0 Å². The second-order valence-electron chi connectivity index (χ2n) is 4.33. The third kappa shape index (κ3) is 6.37. The van der Waals surface area contributed by atoms with Crippen molar-refractivity contribution < 1.29 is 19.7 Å². The Labute approximate surface area is 107 Å².